The molecule has 0 amide bonds. The fourth-order valence-corrected chi connectivity index (χ4v) is 5.55. The van der Waals surface area contributed by atoms with Crippen molar-refractivity contribution in [3.63, 3.8) is 0 Å². The summed E-state index contributed by atoms with van der Waals surface area (Å²) in [5.41, 5.74) is -0.507. The average Bonchev–Trinajstić information content (AvgIpc) is 3.03. The average molecular weight is 556 g/mol. The molecule has 1 unspecified atom stereocenters. The fourth-order valence-electron chi connectivity index (χ4n) is 5.55. The van der Waals surface area contributed by atoms with Crippen LogP contribution in [0.3, 0.4) is 0 Å². The number of nitrogens with zero attached hydrogens (tertiary/aromatic N) is 5. The predicted octanol–water partition coefficient (Wildman–Crippen LogP) is 5.25. The van der Waals surface area contributed by atoms with Gasteiger partial charge in [0.25, 0.3) is 5.92 Å². The molecule has 1 fully saturated rings. The second-order valence-corrected chi connectivity index (χ2v) is 10.5. The standard InChI is InChI=1S/C28H25F4N5O3/c1-13(2)21-23(14(3)7-9-33-21)37-26-19-24(20(30)22(34-26)18-16(29)5-4-6-17(18)38)40-12-15-11-28(31,32)8-10-36(15)25(19)35-27(37)39/h4-7,9,13,15,38H,8,10-12H2,1-3H3. The number of phenols is 1. The van der Waals surface area contributed by atoms with Crippen molar-refractivity contribution in [3.05, 3.63) is 63.8 Å². The molecule has 1 atom stereocenters. The van der Waals surface area contributed by atoms with E-state index in [1.807, 2.05) is 13.8 Å². The number of halogens is 4. The summed E-state index contributed by atoms with van der Waals surface area (Å²) >= 11 is 0. The molecule has 1 N–H and O–H groups in total. The summed E-state index contributed by atoms with van der Waals surface area (Å²) in [5.74, 6) is -6.21. The van der Waals surface area contributed by atoms with Gasteiger partial charge in [0, 0.05) is 25.6 Å². The molecule has 0 spiro atoms. The maximum atomic E-state index is 16.2. The monoisotopic (exact) mass is 555 g/mol. The number of phenolic OH excluding ortho intramolecular Hbond substituents is 1. The SMILES string of the molecule is Cc1ccnc(C(C)C)c1-n1c(=O)nc2c3c(c(F)c(-c4c(O)cccc4F)nc31)OCC1CC(F)(F)CCN21. The molecule has 0 aliphatic carbocycles. The number of ether oxygens (including phenoxy) is 1. The van der Waals surface area contributed by atoms with Gasteiger partial charge in [-0.3, -0.25) is 4.98 Å². The number of fused-ring (bicyclic) bond motifs is 2. The second kappa shape index (κ2) is 9.17. The van der Waals surface area contributed by atoms with E-state index in [0.717, 1.165) is 6.07 Å². The van der Waals surface area contributed by atoms with E-state index in [9.17, 15) is 23.1 Å². The molecule has 0 saturated carbocycles. The molecule has 0 bridgehead atoms. The smallest absolute Gasteiger partial charge is 0.355 e. The molecule has 8 nitrogen and oxygen atoms in total. The van der Waals surface area contributed by atoms with Crippen LogP contribution in [0.25, 0.3) is 28.0 Å². The number of benzene rings is 1. The number of alkyl halides is 2. The van der Waals surface area contributed by atoms with Gasteiger partial charge in [-0.25, -0.2) is 31.9 Å². The van der Waals surface area contributed by atoms with Crippen molar-refractivity contribution >= 4 is 16.9 Å². The molecule has 1 aromatic carbocycles. The van der Waals surface area contributed by atoms with Crippen molar-refractivity contribution in [1.29, 1.82) is 0 Å². The summed E-state index contributed by atoms with van der Waals surface area (Å²) in [7, 11) is 0. The molecule has 4 aromatic rings. The van der Waals surface area contributed by atoms with Gasteiger partial charge in [-0.1, -0.05) is 19.9 Å². The maximum Gasteiger partial charge on any atom is 0.355 e. The highest BCUT2D eigenvalue weighted by Gasteiger charge is 2.44. The number of piperidine rings is 1. The molecule has 208 valence electrons. The molecule has 0 radical (unpaired) electrons. The van der Waals surface area contributed by atoms with Gasteiger partial charge in [0.15, 0.2) is 17.2 Å². The number of aryl methyl sites for hydroxylation is 1. The lowest BCUT2D eigenvalue weighted by Gasteiger charge is -2.38. The van der Waals surface area contributed by atoms with Crippen LogP contribution < -0.4 is 15.3 Å². The Morgan fingerprint density at radius 2 is 1.95 bits per heavy atom. The van der Waals surface area contributed by atoms with Gasteiger partial charge in [0.05, 0.1) is 23.0 Å². The number of hydrogen-bond donors (Lipinski definition) is 1. The summed E-state index contributed by atoms with van der Waals surface area (Å²) in [6.45, 7) is 5.06. The molecule has 40 heavy (non-hydrogen) atoms. The number of aromatic nitrogens is 4. The number of rotatable bonds is 3. The summed E-state index contributed by atoms with van der Waals surface area (Å²) in [6.07, 6.45) is 0.532. The number of anilines is 1. The Kier molecular flexibility index (Phi) is 5.97. The lowest BCUT2D eigenvalue weighted by atomic mass is 9.99. The van der Waals surface area contributed by atoms with Crippen molar-refractivity contribution in [2.45, 2.75) is 51.5 Å². The zero-order valence-electron chi connectivity index (χ0n) is 21.9. The Morgan fingerprint density at radius 3 is 2.67 bits per heavy atom. The van der Waals surface area contributed by atoms with Crippen LogP contribution in [0.5, 0.6) is 11.5 Å². The lowest BCUT2D eigenvalue weighted by Crippen LogP contribution is -2.50. The third kappa shape index (κ3) is 3.96. The summed E-state index contributed by atoms with van der Waals surface area (Å²) in [4.78, 5) is 28.5. The molecule has 6 rings (SSSR count). The van der Waals surface area contributed by atoms with E-state index in [4.69, 9.17) is 4.74 Å². The Labute approximate surface area is 225 Å². The second-order valence-electron chi connectivity index (χ2n) is 10.5. The lowest BCUT2D eigenvalue weighted by molar-refractivity contribution is -0.0379. The Balaban J connectivity index is 1.77. The molecule has 2 aliphatic rings. The normalized spacial score (nSPS) is 18.0. The van der Waals surface area contributed by atoms with E-state index in [0.29, 0.717) is 16.9 Å². The topological polar surface area (TPSA) is 93.4 Å². The van der Waals surface area contributed by atoms with Crippen molar-refractivity contribution in [1.82, 2.24) is 19.5 Å². The molecular formula is C28H25F4N5O3. The van der Waals surface area contributed by atoms with Crippen LogP contribution in [0.4, 0.5) is 23.4 Å². The first-order chi connectivity index (χ1) is 19.0. The van der Waals surface area contributed by atoms with Gasteiger partial charge in [-0.2, -0.15) is 4.98 Å². The summed E-state index contributed by atoms with van der Waals surface area (Å²) in [5, 5.41) is 10.5. The maximum absolute atomic E-state index is 16.2. The minimum atomic E-state index is -2.98. The summed E-state index contributed by atoms with van der Waals surface area (Å²) < 4.78 is 67.0. The van der Waals surface area contributed by atoms with Crippen molar-refractivity contribution in [2.24, 2.45) is 0 Å². The van der Waals surface area contributed by atoms with Gasteiger partial charge in [-0.05, 0) is 36.6 Å². The van der Waals surface area contributed by atoms with Crippen LogP contribution in [-0.4, -0.2) is 49.7 Å². The van der Waals surface area contributed by atoms with E-state index >= 15 is 4.39 Å². The summed E-state index contributed by atoms with van der Waals surface area (Å²) in [6, 6.07) is 4.26. The van der Waals surface area contributed by atoms with E-state index < -0.39 is 64.9 Å². The first-order valence-corrected chi connectivity index (χ1v) is 12.9. The highest BCUT2D eigenvalue weighted by Crippen LogP contribution is 2.45. The zero-order chi connectivity index (χ0) is 28.5. The largest absolute Gasteiger partial charge is 0.507 e. The van der Waals surface area contributed by atoms with Crippen molar-refractivity contribution in [3.8, 4) is 28.4 Å². The number of aromatic hydroxyl groups is 1. The Hall–Kier alpha value is -4.22. The minimum absolute atomic E-state index is 0.0117. The Morgan fingerprint density at radius 1 is 1.18 bits per heavy atom. The number of pyridine rings is 2. The predicted molar refractivity (Wildman–Crippen MR) is 140 cm³/mol. The van der Waals surface area contributed by atoms with Gasteiger partial charge in [0.2, 0.25) is 0 Å². The van der Waals surface area contributed by atoms with Gasteiger partial charge < -0.3 is 14.7 Å². The first kappa shape index (κ1) is 26.0. The van der Waals surface area contributed by atoms with Crippen molar-refractivity contribution in [2.75, 3.05) is 18.1 Å². The molecule has 12 heteroatoms. The van der Waals surface area contributed by atoms with Crippen LogP contribution in [0.15, 0.2) is 35.3 Å². The highest BCUT2D eigenvalue weighted by molar-refractivity contribution is 5.97. The fraction of sp³-hybridized carbons (Fsp3) is 0.357. The molecule has 1 saturated heterocycles. The van der Waals surface area contributed by atoms with Crippen LogP contribution in [0.1, 0.15) is 43.9 Å². The van der Waals surface area contributed by atoms with Gasteiger partial charge >= 0.3 is 5.69 Å². The van der Waals surface area contributed by atoms with Crippen LogP contribution in [0.2, 0.25) is 0 Å². The van der Waals surface area contributed by atoms with Crippen LogP contribution in [0, 0.1) is 18.6 Å². The number of hydrogen-bond acceptors (Lipinski definition) is 7. The first-order valence-electron chi connectivity index (χ1n) is 12.9. The Bertz CT molecular complexity index is 1720. The third-order valence-electron chi connectivity index (χ3n) is 7.44. The highest BCUT2D eigenvalue weighted by atomic mass is 19.3. The molecular weight excluding hydrogens is 530 g/mol. The third-order valence-corrected chi connectivity index (χ3v) is 7.44. The van der Waals surface area contributed by atoms with Gasteiger partial charge in [0.1, 0.15) is 35.1 Å². The van der Waals surface area contributed by atoms with E-state index in [1.54, 1.807) is 19.2 Å². The van der Waals surface area contributed by atoms with Crippen molar-refractivity contribution < 1.29 is 27.4 Å². The minimum Gasteiger partial charge on any atom is -0.507 e. The van der Waals surface area contributed by atoms with E-state index in [2.05, 4.69) is 15.0 Å². The van der Waals surface area contributed by atoms with Crippen LogP contribution in [-0.2, 0) is 0 Å². The van der Waals surface area contributed by atoms with E-state index in [1.165, 1.54) is 21.6 Å². The molecule has 3 aromatic heterocycles. The molecule has 2 aliphatic heterocycles. The van der Waals surface area contributed by atoms with Gasteiger partial charge in [-0.15, -0.1) is 0 Å². The van der Waals surface area contributed by atoms with E-state index in [-0.39, 0.29) is 35.9 Å². The van der Waals surface area contributed by atoms with Crippen LogP contribution >= 0.6 is 0 Å². The quantitative estimate of drug-likeness (QED) is 0.345. The zero-order valence-corrected chi connectivity index (χ0v) is 21.9. The molecule has 5 heterocycles.